The van der Waals surface area contributed by atoms with Gasteiger partial charge in [-0.05, 0) is 42.5 Å². The summed E-state index contributed by atoms with van der Waals surface area (Å²) in [6.45, 7) is -0.444. The van der Waals surface area contributed by atoms with Crippen molar-refractivity contribution in [3.8, 4) is 27.7 Å². The van der Waals surface area contributed by atoms with Gasteiger partial charge in [0.2, 0.25) is 5.91 Å². The summed E-state index contributed by atoms with van der Waals surface area (Å²) in [5, 5.41) is 5.35. The topological polar surface area (TPSA) is 128 Å². The van der Waals surface area contributed by atoms with E-state index in [-0.39, 0.29) is 30.3 Å². The number of thiazole rings is 1. The van der Waals surface area contributed by atoms with E-state index in [1.165, 1.54) is 22.3 Å². The van der Waals surface area contributed by atoms with Crippen LogP contribution in [0, 0.1) is 0 Å². The number of hydrogen-bond donors (Lipinski definition) is 2. The van der Waals surface area contributed by atoms with E-state index in [9.17, 15) is 14.4 Å². The fourth-order valence-corrected chi connectivity index (χ4v) is 4.49. The van der Waals surface area contributed by atoms with Gasteiger partial charge in [-0.1, -0.05) is 18.2 Å². The van der Waals surface area contributed by atoms with Crippen LogP contribution in [0.3, 0.4) is 0 Å². The number of aromatic nitrogens is 2. The summed E-state index contributed by atoms with van der Waals surface area (Å²) < 4.78 is 5.57. The molecule has 0 fully saturated rings. The van der Waals surface area contributed by atoms with Crippen LogP contribution in [0.5, 0.6) is 5.75 Å². The SMILES string of the molecule is NC(=O)c1ccccc1NC(=O)CN1C(=O)COc2ccc(-c3csc(-c4ccccn4)n3)cc21. The smallest absolute Gasteiger partial charge is 0.265 e. The Morgan fingerprint density at radius 1 is 1.09 bits per heavy atom. The third-order valence-electron chi connectivity index (χ3n) is 5.35. The third kappa shape index (κ3) is 4.59. The second-order valence-electron chi connectivity index (χ2n) is 7.66. The fraction of sp³-hybridized carbons (Fsp3) is 0.0800. The number of carbonyl (C=O) groups is 3. The van der Waals surface area contributed by atoms with E-state index in [2.05, 4.69) is 15.3 Å². The highest BCUT2D eigenvalue weighted by atomic mass is 32.1. The molecule has 1 aliphatic rings. The van der Waals surface area contributed by atoms with Crippen LogP contribution in [0.4, 0.5) is 11.4 Å². The Morgan fingerprint density at radius 2 is 1.91 bits per heavy atom. The molecule has 1 aliphatic heterocycles. The van der Waals surface area contributed by atoms with Crippen molar-refractivity contribution in [3.05, 3.63) is 77.8 Å². The molecule has 0 aliphatic carbocycles. The molecule has 3 N–H and O–H groups in total. The van der Waals surface area contributed by atoms with Crippen LogP contribution in [-0.2, 0) is 9.59 Å². The van der Waals surface area contributed by atoms with Crippen LogP contribution in [0.1, 0.15) is 10.4 Å². The molecule has 35 heavy (non-hydrogen) atoms. The summed E-state index contributed by atoms with van der Waals surface area (Å²) in [5.41, 5.74) is 8.58. The van der Waals surface area contributed by atoms with Gasteiger partial charge in [0.15, 0.2) is 6.61 Å². The Bertz CT molecular complexity index is 1440. The van der Waals surface area contributed by atoms with E-state index >= 15 is 0 Å². The average Bonchev–Trinajstić information content (AvgIpc) is 3.37. The lowest BCUT2D eigenvalue weighted by molar-refractivity contribution is -0.123. The van der Waals surface area contributed by atoms with Gasteiger partial charge in [-0.15, -0.1) is 11.3 Å². The first-order valence-corrected chi connectivity index (χ1v) is 11.5. The number of benzene rings is 2. The fourth-order valence-electron chi connectivity index (χ4n) is 3.69. The third-order valence-corrected chi connectivity index (χ3v) is 6.22. The average molecular weight is 486 g/mol. The number of rotatable bonds is 6. The summed E-state index contributed by atoms with van der Waals surface area (Å²) in [5.74, 6) is -1.01. The van der Waals surface area contributed by atoms with Crippen molar-refractivity contribution in [1.29, 1.82) is 0 Å². The highest BCUT2D eigenvalue weighted by Crippen LogP contribution is 2.37. The molecule has 10 heteroatoms. The van der Waals surface area contributed by atoms with Gasteiger partial charge in [-0.3, -0.25) is 24.3 Å². The number of ether oxygens (including phenoxy) is 1. The number of nitrogens with two attached hydrogens (primary N) is 1. The van der Waals surface area contributed by atoms with Gasteiger partial charge < -0.3 is 15.8 Å². The first kappa shape index (κ1) is 22.2. The van der Waals surface area contributed by atoms with Crippen LogP contribution >= 0.6 is 11.3 Å². The Morgan fingerprint density at radius 3 is 2.71 bits per heavy atom. The molecule has 0 radical (unpaired) electrons. The molecule has 0 saturated carbocycles. The number of anilines is 2. The van der Waals surface area contributed by atoms with Crippen LogP contribution in [0.2, 0.25) is 0 Å². The first-order chi connectivity index (χ1) is 17.0. The Balaban J connectivity index is 1.40. The Labute approximate surface area is 204 Å². The van der Waals surface area contributed by atoms with E-state index < -0.39 is 11.8 Å². The molecule has 2 aromatic carbocycles. The maximum absolute atomic E-state index is 12.8. The molecule has 0 spiro atoms. The molecule has 0 saturated heterocycles. The second kappa shape index (κ2) is 9.35. The first-order valence-electron chi connectivity index (χ1n) is 10.6. The molecule has 0 atom stereocenters. The van der Waals surface area contributed by atoms with Crippen LogP contribution in [0.15, 0.2) is 72.2 Å². The van der Waals surface area contributed by atoms with Gasteiger partial charge in [0.05, 0.1) is 28.3 Å². The predicted octanol–water partition coefficient (Wildman–Crippen LogP) is 3.34. The number of nitrogens with one attached hydrogen (secondary N) is 1. The zero-order valence-corrected chi connectivity index (χ0v) is 19.1. The van der Waals surface area contributed by atoms with Crippen molar-refractivity contribution in [2.75, 3.05) is 23.4 Å². The number of para-hydroxylation sites is 1. The van der Waals surface area contributed by atoms with E-state index in [1.807, 2.05) is 29.6 Å². The van der Waals surface area contributed by atoms with Crippen LogP contribution in [0.25, 0.3) is 22.0 Å². The molecule has 5 rings (SSSR count). The number of primary amides is 1. The number of hydrogen-bond acceptors (Lipinski definition) is 7. The second-order valence-corrected chi connectivity index (χ2v) is 8.52. The van der Waals surface area contributed by atoms with Gasteiger partial charge in [0.25, 0.3) is 11.8 Å². The van der Waals surface area contributed by atoms with Gasteiger partial charge in [0, 0.05) is 17.1 Å². The monoisotopic (exact) mass is 485 g/mol. The quantitative estimate of drug-likeness (QED) is 0.431. The largest absolute Gasteiger partial charge is 0.482 e. The highest BCUT2D eigenvalue weighted by Gasteiger charge is 2.28. The molecular weight excluding hydrogens is 466 g/mol. The summed E-state index contributed by atoms with van der Waals surface area (Å²) >= 11 is 1.46. The van der Waals surface area contributed by atoms with Gasteiger partial charge >= 0.3 is 0 Å². The minimum absolute atomic E-state index is 0.183. The minimum Gasteiger partial charge on any atom is -0.482 e. The lowest BCUT2D eigenvalue weighted by Crippen LogP contribution is -2.43. The molecule has 174 valence electrons. The summed E-state index contributed by atoms with van der Waals surface area (Å²) in [4.78, 5) is 47.5. The summed E-state index contributed by atoms with van der Waals surface area (Å²) in [6, 6.07) is 17.4. The molecule has 2 aromatic heterocycles. The predicted molar refractivity (Wildman–Crippen MR) is 132 cm³/mol. The molecular formula is C25H19N5O4S. The lowest BCUT2D eigenvalue weighted by Gasteiger charge is -2.29. The number of nitrogens with zero attached hydrogens (tertiary/aromatic N) is 3. The zero-order valence-electron chi connectivity index (χ0n) is 18.3. The van der Waals surface area contributed by atoms with Crippen molar-refractivity contribution in [3.63, 3.8) is 0 Å². The molecule has 0 unspecified atom stereocenters. The van der Waals surface area contributed by atoms with Crippen molar-refractivity contribution < 1.29 is 19.1 Å². The highest BCUT2D eigenvalue weighted by molar-refractivity contribution is 7.13. The summed E-state index contributed by atoms with van der Waals surface area (Å²) in [6.07, 6.45) is 1.71. The zero-order chi connectivity index (χ0) is 24.4. The normalized spacial score (nSPS) is 12.6. The van der Waals surface area contributed by atoms with E-state index in [0.29, 0.717) is 11.4 Å². The van der Waals surface area contributed by atoms with E-state index in [0.717, 1.165) is 22.0 Å². The molecule has 0 bridgehead atoms. The standard InChI is InChI=1S/C25H19N5O4S/c26-24(33)16-5-1-2-6-17(16)28-22(31)12-30-20-11-15(8-9-21(20)34-13-23(30)32)19-14-35-25(29-19)18-7-3-4-10-27-18/h1-11,14H,12-13H2,(H2,26,33)(H,28,31). The molecule has 4 aromatic rings. The minimum atomic E-state index is -0.660. The van der Waals surface area contributed by atoms with Crippen molar-refractivity contribution >= 4 is 40.4 Å². The number of amides is 3. The molecule has 3 heterocycles. The van der Waals surface area contributed by atoms with Crippen molar-refractivity contribution in [1.82, 2.24) is 9.97 Å². The van der Waals surface area contributed by atoms with E-state index in [1.54, 1.807) is 36.5 Å². The van der Waals surface area contributed by atoms with Gasteiger partial charge in [-0.25, -0.2) is 4.98 Å². The lowest BCUT2D eigenvalue weighted by atomic mass is 10.1. The van der Waals surface area contributed by atoms with Crippen molar-refractivity contribution in [2.45, 2.75) is 0 Å². The molecule has 9 nitrogen and oxygen atoms in total. The summed E-state index contributed by atoms with van der Waals surface area (Å²) in [7, 11) is 0. The number of pyridine rings is 1. The number of carbonyl (C=O) groups excluding carboxylic acids is 3. The van der Waals surface area contributed by atoms with Gasteiger partial charge in [0.1, 0.15) is 17.3 Å². The molecule has 3 amide bonds. The Hall–Kier alpha value is -4.57. The van der Waals surface area contributed by atoms with Crippen LogP contribution < -0.4 is 20.7 Å². The number of fused-ring (bicyclic) bond motifs is 1. The maximum Gasteiger partial charge on any atom is 0.265 e. The van der Waals surface area contributed by atoms with Crippen LogP contribution in [-0.4, -0.2) is 40.8 Å². The Kier molecular flexibility index (Phi) is 5.94. The maximum atomic E-state index is 12.8. The van der Waals surface area contributed by atoms with Crippen molar-refractivity contribution in [2.24, 2.45) is 5.73 Å². The van der Waals surface area contributed by atoms with Gasteiger partial charge in [-0.2, -0.15) is 0 Å². The van der Waals surface area contributed by atoms with E-state index in [4.69, 9.17) is 10.5 Å².